The quantitative estimate of drug-likeness (QED) is 0.0515. The lowest BCUT2D eigenvalue weighted by Gasteiger charge is -2.18. The number of rotatable bonds is 34. The van der Waals surface area contributed by atoms with Gasteiger partial charge in [0.2, 0.25) is 0 Å². The van der Waals surface area contributed by atoms with Gasteiger partial charge in [-0.2, -0.15) is 0 Å². The van der Waals surface area contributed by atoms with Crippen LogP contribution in [0.2, 0.25) is 0 Å². The molecule has 0 amide bonds. The third-order valence-electron chi connectivity index (χ3n) is 10.8. The summed E-state index contributed by atoms with van der Waals surface area (Å²) in [6.07, 6.45) is 37.3. The summed E-state index contributed by atoms with van der Waals surface area (Å²) in [7, 11) is 2.14. The Balaban J connectivity index is 2.17. The Morgan fingerprint density at radius 3 is 1.52 bits per heavy atom. The first-order valence-corrected chi connectivity index (χ1v) is 20.9. The van der Waals surface area contributed by atoms with Crippen LogP contribution in [0.3, 0.4) is 0 Å². The van der Waals surface area contributed by atoms with E-state index in [1.165, 1.54) is 148 Å². The molecule has 1 aliphatic rings. The van der Waals surface area contributed by atoms with Crippen molar-refractivity contribution in [2.75, 3.05) is 26.7 Å². The molecule has 46 heavy (non-hydrogen) atoms. The molecule has 1 rings (SSSR count). The summed E-state index contributed by atoms with van der Waals surface area (Å²) >= 11 is 0. The summed E-state index contributed by atoms with van der Waals surface area (Å²) in [5.41, 5.74) is 0. The third-order valence-corrected chi connectivity index (χ3v) is 10.8. The average molecular weight is 648 g/mol. The van der Waals surface area contributed by atoms with E-state index in [2.05, 4.69) is 32.7 Å². The van der Waals surface area contributed by atoms with Crippen LogP contribution < -0.4 is 0 Å². The van der Waals surface area contributed by atoms with Crippen LogP contribution in [0.1, 0.15) is 213 Å². The van der Waals surface area contributed by atoms with Gasteiger partial charge >= 0.3 is 5.97 Å². The molecule has 0 aromatic heterocycles. The molecule has 4 nitrogen and oxygen atoms in total. The molecule has 1 aliphatic heterocycles. The standard InChI is InChI=1S/C42H81NO3/c1-5-8-11-12-13-14-17-22-28-39(32-33-41(44)40-34-35-43(4)37-40)29-23-18-15-16-19-24-31-42(45)46-36-25-30-38(26-20-9-6-2)27-21-10-7-3/h38-40H,5-37H2,1-4H3. The van der Waals surface area contributed by atoms with Gasteiger partial charge < -0.3 is 9.64 Å². The van der Waals surface area contributed by atoms with Crippen LogP contribution in [-0.4, -0.2) is 43.4 Å². The topological polar surface area (TPSA) is 46.6 Å². The van der Waals surface area contributed by atoms with E-state index in [1.54, 1.807) is 0 Å². The predicted octanol–water partition coefficient (Wildman–Crippen LogP) is 12.7. The second-order valence-corrected chi connectivity index (χ2v) is 15.3. The summed E-state index contributed by atoms with van der Waals surface area (Å²) in [4.78, 5) is 27.4. The second-order valence-electron chi connectivity index (χ2n) is 15.3. The lowest BCUT2D eigenvalue weighted by atomic mass is 9.88. The summed E-state index contributed by atoms with van der Waals surface area (Å²) in [6, 6.07) is 0. The second kappa shape index (κ2) is 31.4. The maximum absolute atomic E-state index is 12.9. The summed E-state index contributed by atoms with van der Waals surface area (Å²) < 4.78 is 5.60. The van der Waals surface area contributed by atoms with Crippen molar-refractivity contribution < 1.29 is 14.3 Å². The zero-order valence-corrected chi connectivity index (χ0v) is 31.7. The Morgan fingerprint density at radius 1 is 0.565 bits per heavy atom. The average Bonchev–Trinajstić information content (AvgIpc) is 3.49. The first kappa shape index (κ1) is 43.1. The molecule has 1 saturated heterocycles. The minimum atomic E-state index is 0.0103. The predicted molar refractivity (Wildman–Crippen MR) is 199 cm³/mol. The number of likely N-dealkylation sites (tertiary alicyclic amines) is 1. The van der Waals surface area contributed by atoms with Gasteiger partial charge in [-0.05, 0) is 57.5 Å². The molecule has 0 N–H and O–H groups in total. The lowest BCUT2D eigenvalue weighted by Crippen LogP contribution is -2.20. The molecule has 0 aliphatic carbocycles. The molecule has 2 atom stereocenters. The molecular weight excluding hydrogens is 566 g/mol. The Labute approximate surface area is 288 Å². The largest absolute Gasteiger partial charge is 0.466 e. The van der Waals surface area contributed by atoms with Gasteiger partial charge in [-0.15, -0.1) is 0 Å². The lowest BCUT2D eigenvalue weighted by molar-refractivity contribution is -0.144. The summed E-state index contributed by atoms with van der Waals surface area (Å²) in [5.74, 6) is 2.37. The van der Waals surface area contributed by atoms with Gasteiger partial charge in [0, 0.05) is 25.3 Å². The fourth-order valence-corrected chi connectivity index (χ4v) is 7.59. The third kappa shape index (κ3) is 25.2. The van der Waals surface area contributed by atoms with E-state index in [9.17, 15) is 9.59 Å². The van der Waals surface area contributed by atoms with Crippen LogP contribution in [0, 0.1) is 17.8 Å². The fraction of sp³-hybridized carbons (Fsp3) is 0.952. The maximum atomic E-state index is 12.9. The van der Waals surface area contributed by atoms with Gasteiger partial charge in [0.15, 0.2) is 0 Å². The molecule has 0 bridgehead atoms. The molecular formula is C42H81NO3. The zero-order valence-electron chi connectivity index (χ0n) is 31.7. The van der Waals surface area contributed by atoms with Crippen molar-refractivity contribution in [3.8, 4) is 0 Å². The van der Waals surface area contributed by atoms with E-state index in [0.29, 0.717) is 24.7 Å². The number of hydrogen-bond acceptors (Lipinski definition) is 4. The van der Waals surface area contributed by atoms with Crippen molar-refractivity contribution in [1.82, 2.24) is 4.90 Å². The molecule has 0 aromatic carbocycles. The SMILES string of the molecule is CCCCCCCCCCC(CCCCCCCCC(=O)OCCCC(CCCCC)CCCCC)CCC(=O)C1CCN(C)C1. The smallest absolute Gasteiger partial charge is 0.305 e. The van der Waals surface area contributed by atoms with Crippen molar-refractivity contribution in [3.63, 3.8) is 0 Å². The van der Waals surface area contributed by atoms with E-state index < -0.39 is 0 Å². The van der Waals surface area contributed by atoms with Crippen LogP contribution in [-0.2, 0) is 14.3 Å². The van der Waals surface area contributed by atoms with Gasteiger partial charge in [-0.25, -0.2) is 0 Å². The van der Waals surface area contributed by atoms with E-state index in [-0.39, 0.29) is 5.97 Å². The summed E-state index contributed by atoms with van der Waals surface area (Å²) in [6.45, 7) is 9.51. The number of nitrogens with zero attached hydrogens (tertiary/aromatic N) is 1. The van der Waals surface area contributed by atoms with Gasteiger partial charge in [0.1, 0.15) is 5.78 Å². The van der Waals surface area contributed by atoms with Crippen molar-refractivity contribution in [2.24, 2.45) is 17.8 Å². The van der Waals surface area contributed by atoms with Gasteiger partial charge in [-0.3, -0.25) is 9.59 Å². The number of ether oxygens (including phenoxy) is 1. The molecule has 2 unspecified atom stereocenters. The van der Waals surface area contributed by atoms with Crippen LogP contribution in [0.15, 0.2) is 0 Å². The molecule has 0 saturated carbocycles. The monoisotopic (exact) mass is 648 g/mol. The molecule has 0 aromatic rings. The zero-order chi connectivity index (χ0) is 33.5. The molecule has 1 fully saturated rings. The Kier molecular flexibility index (Phi) is 29.4. The number of carbonyl (C=O) groups is 2. The molecule has 0 spiro atoms. The van der Waals surface area contributed by atoms with E-state index in [0.717, 1.165) is 63.5 Å². The number of esters is 1. The normalized spacial score (nSPS) is 16.0. The number of hydrogen-bond donors (Lipinski definition) is 0. The van der Waals surface area contributed by atoms with Crippen LogP contribution >= 0.6 is 0 Å². The Bertz CT molecular complexity index is 684. The highest BCUT2D eigenvalue weighted by Crippen LogP contribution is 2.26. The minimum absolute atomic E-state index is 0.0103. The van der Waals surface area contributed by atoms with Crippen molar-refractivity contribution in [2.45, 2.75) is 213 Å². The molecule has 4 heteroatoms. The fourth-order valence-electron chi connectivity index (χ4n) is 7.59. The maximum Gasteiger partial charge on any atom is 0.305 e. The van der Waals surface area contributed by atoms with Gasteiger partial charge in [-0.1, -0.05) is 168 Å². The van der Waals surface area contributed by atoms with Crippen LogP contribution in [0.4, 0.5) is 0 Å². The van der Waals surface area contributed by atoms with E-state index >= 15 is 0 Å². The first-order valence-electron chi connectivity index (χ1n) is 20.9. The highest BCUT2D eigenvalue weighted by Gasteiger charge is 2.26. The number of Topliss-reactive ketones (excluding diaryl/α,β-unsaturated/α-hetero) is 1. The van der Waals surface area contributed by atoms with Crippen molar-refractivity contribution in [3.05, 3.63) is 0 Å². The highest BCUT2D eigenvalue weighted by molar-refractivity contribution is 5.81. The minimum Gasteiger partial charge on any atom is -0.466 e. The van der Waals surface area contributed by atoms with Crippen LogP contribution in [0.5, 0.6) is 0 Å². The first-order chi connectivity index (χ1) is 22.5. The Morgan fingerprint density at radius 2 is 1.00 bits per heavy atom. The molecule has 0 radical (unpaired) electrons. The summed E-state index contributed by atoms with van der Waals surface area (Å²) in [5, 5.41) is 0. The van der Waals surface area contributed by atoms with E-state index in [1.807, 2.05) is 0 Å². The highest BCUT2D eigenvalue weighted by atomic mass is 16.5. The molecule has 1 heterocycles. The number of ketones is 1. The Hall–Kier alpha value is -0.900. The van der Waals surface area contributed by atoms with Crippen molar-refractivity contribution >= 4 is 11.8 Å². The van der Waals surface area contributed by atoms with Gasteiger partial charge in [0.05, 0.1) is 6.61 Å². The molecule has 272 valence electrons. The van der Waals surface area contributed by atoms with Crippen LogP contribution in [0.25, 0.3) is 0 Å². The van der Waals surface area contributed by atoms with Gasteiger partial charge in [0.25, 0.3) is 0 Å². The number of carbonyl (C=O) groups excluding carboxylic acids is 2. The number of unbranched alkanes of at least 4 members (excludes halogenated alkanes) is 16. The van der Waals surface area contributed by atoms with Crippen molar-refractivity contribution in [1.29, 1.82) is 0 Å². The van der Waals surface area contributed by atoms with E-state index in [4.69, 9.17) is 4.74 Å².